The monoisotopic (exact) mass is 404 g/mol. The lowest BCUT2D eigenvalue weighted by molar-refractivity contribution is 0.241. The van der Waals surface area contributed by atoms with Gasteiger partial charge in [0, 0.05) is 5.02 Å². The Labute approximate surface area is 165 Å². The standard InChI is InChI=1S/C19H18ClFN4O3/c1-11(2)27-16-6-4-3-5-15(16)23-19(26)22-10-17-24-18(28-25-17)13-8-7-12(20)9-14(13)21/h3-9,11H,10H2,1-2H3,(H2,22,23,26). The number of para-hydroxylation sites is 2. The molecule has 146 valence electrons. The zero-order valence-corrected chi connectivity index (χ0v) is 16.0. The van der Waals surface area contributed by atoms with Crippen molar-refractivity contribution in [3.63, 3.8) is 0 Å². The van der Waals surface area contributed by atoms with Crippen molar-refractivity contribution in [2.24, 2.45) is 0 Å². The Balaban J connectivity index is 1.61. The molecule has 0 saturated heterocycles. The van der Waals surface area contributed by atoms with Crippen molar-refractivity contribution >= 4 is 23.3 Å². The SMILES string of the molecule is CC(C)Oc1ccccc1NC(=O)NCc1noc(-c2ccc(Cl)cc2F)n1. The van der Waals surface area contributed by atoms with Gasteiger partial charge in [-0.25, -0.2) is 9.18 Å². The number of nitrogens with zero attached hydrogens (tertiary/aromatic N) is 2. The van der Waals surface area contributed by atoms with Gasteiger partial charge < -0.3 is 19.9 Å². The number of carbonyl (C=O) groups excluding carboxylic acids is 1. The van der Waals surface area contributed by atoms with Gasteiger partial charge in [-0.1, -0.05) is 28.9 Å². The van der Waals surface area contributed by atoms with Crippen LogP contribution < -0.4 is 15.4 Å². The molecule has 1 heterocycles. The molecule has 2 amide bonds. The summed E-state index contributed by atoms with van der Waals surface area (Å²) in [6.45, 7) is 3.79. The molecule has 0 bridgehead atoms. The van der Waals surface area contributed by atoms with Crippen LogP contribution in [0.15, 0.2) is 47.0 Å². The number of hydrogen-bond donors (Lipinski definition) is 2. The number of rotatable bonds is 6. The molecule has 3 aromatic rings. The first-order valence-electron chi connectivity index (χ1n) is 8.51. The van der Waals surface area contributed by atoms with E-state index in [2.05, 4.69) is 20.8 Å². The molecule has 0 aliphatic rings. The highest BCUT2D eigenvalue weighted by Crippen LogP contribution is 2.25. The maximum Gasteiger partial charge on any atom is 0.319 e. The Kier molecular flexibility index (Phi) is 6.10. The number of amides is 2. The molecule has 0 fully saturated rings. The summed E-state index contributed by atoms with van der Waals surface area (Å²) in [4.78, 5) is 16.2. The van der Waals surface area contributed by atoms with E-state index in [1.807, 2.05) is 19.9 Å². The van der Waals surface area contributed by atoms with Crippen molar-refractivity contribution in [3.05, 3.63) is 59.1 Å². The van der Waals surface area contributed by atoms with E-state index >= 15 is 0 Å². The number of urea groups is 1. The van der Waals surface area contributed by atoms with Crippen LogP contribution in [0, 0.1) is 5.82 Å². The fraction of sp³-hybridized carbons (Fsp3) is 0.211. The fourth-order valence-electron chi connectivity index (χ4n) is 2.35. The molecular weight excluding hydrogens is 387 g/mol. The number of hydrogen-bond acceptors (Lipinski definition) is 5. The lowest BCUT2D eigenvalue weighted by Gasteiger charge is -2.14. The summed E-state index contributed by atoms with van der Waals surface area (Å²) in [6.07, 6.45) is -0.0305. The molecule has 2 N–H and O–H groups in total. The van der Waals surface area contributed by atoms with Gasteiger partial charge >= 0.3 is 6.03 Å². The minimum absolute atomic E-state index is 0.00190. The number of carbonyl (C=O) groups is 1. The van der Waals surface area contributed by atoms with Gasteiger partial charge in [0.25, 0.3) is 5.89 Å². The highest BCUT2D eigenvalue weighted by Gasteiger charge is 2.15. The minimum atomic E-state index is -0.574. The molecule has 0 spiro atoms. The molecule has 0 aliphatic carbocycles. The molecule has 0 aliphatic heterocycles. The van der Waals surface area contributed by atoms with E-state index in [9.17, 15) is 9.18 Å². The Hall–Kier alpha value is -3.13. The molecule has 0 unspecified atom stereocenters. The molecule has 2 aromatic carbocycles. The van der Waals surface area contributed by atoms with E-state index < -0.39 is 11.8 Å². The van der Waals surface area contributed by atoms with Gasteiger partial charge in [0.05, 0.1) is 23.9 Å². The van der Waals surface area contributed by atoms with Crippen LogP contribution in [0.3, 0.4) is 0 Å². The highest BCUT2D eigenvalue weighted by molar-refractivity contribution is 6.30. The Morgan fingerprint density at radius 3 is 2.82 bits per heavy atom. The van der Waals surface area contributed by atoms with Crippen LogP contribution in [0.4, 0.5) is 14.9 Å². The predicted molar refractivity (Wildman–Crippen MR) is 103 cm³/mol. The van der Waals surface area contributed by atoms with Crippen molar-refractivity contribution in [1.29, 1.82) is 0 Å². The molecular formula is C19H18ClFN4O3. The summed E-state index contributed by atoms with van der Waals surface area (Å²) in [7, 11) is 0. The van der Waals surface area contributed by atoms with E-state index in [0.717, 1.165) is 6.07 Å². The first-order chi connectivity index (χ1) is 13.4. The van der Waals surface area contributed by atoms with Crippen molar-refractivity contribution in [1.82, 2.24) is 15.5 Å². The van der Waals surface area contributed by atoms with Crippen LogP contribution in [0.1, 0.15) is 19.7 Å². The van der Waals surface area contributed by atoms with Crippen molar-refractivity contribution in [2.45, 2.75) is 26.5 Å². The first kappa shape index (κ1) is 19.6. The summed E-state index contributed by atoms with van der Waals surface area (Å²) < 4.78 is 24.6. The number of nitrogens with one attached hydrogen (secondary N) is 2. The number of benzene rings is 2. The van der Waals surface area contributed by atoms with Crippen LogP contribution in [0.2, 0.25) is 5.02 Å². The zero-order valence-electron chi connectivity index (χ0n) is 15.2. The summed E-state index contributed by atoms with van der Waals surface area (Å²) in [5, 5.41) is 9.32. The van der Waals surface area contributed by atoms with Gasteiger partial charge in [-0.05, 0) is 44.2 Å². The van der Waals surface area contributed by atoms with Crippen molar-refractivity contribution in [3.8, 4) is 17.2 Å². The van der Waals surface area contributed by atoms with Crippen molar-refractivity contribution in [2.75, 3.05) is 5.32 Å². The van der Waals surface area contributed by atoms with Gasteiger partial charge in [0.2, 0.25) is 0 Å². The summed E-state index contributed by atoms with van der Waals surface area (Å²) in [5.74, 6) is 0.191. The second kappa shape index (κ2) is 8.71. The normalized spacial score (nSPS) is 10.8. The van der Waals surface area contributed by atoms with Gasteiger partial charge in [0.1, 0.15) is 11.6 Å². The Morgan fingerprint density at radius 1 is 1.29 bits per heavy atom. The number of halogens is 2. The number of ether oxygens (including phenoxy) is 1. The quantitative estimate of drug-likeness (QED) is 0.624. The van der Waals surface area contributed by atoms with E-state index in [4.69, 9.17) is 20.9 Å². The average Bonchev–Trinajstić information content (AvgIpc) is 3.10. The minimum Gasteiger partial charge on any atom is -0.489 e. The van der Waals surface area contributed by atoms with E-state index in [1.165, 1.54) is 12.1 Å². The molecule has 0 radical (unpaired) electrons. The zero-order chi connectivity index (χ0) is 20.1. The Bertz CT molecular complexity index is 977. The van der Waals surface area contributed by atoms with Crippen LogP contribution in [0.5, 0.6) is 5.75 Å². The van der Waals surface area contributed by atoms with E-state index in [0.29, 0.717) is 11.4 Å². The second-order valence-electron chi connectivity index (χ2n) is 6.11. The van der Waals surface area contributed by atoms with Gasteiger partial charge in [-0.2, -0.15) is 4.98 Å². The lowest BCUT2D eigenvalue weighted by atomic mass is 10.2. The molecule has 0 atom stereocenters. The molecule has 28 heavy (non-hydrogen) atoms. The molecule has 9 heteroatoms. The van der Waals surface area contributed by atoms with E-state index in [1.54, 1.807) is 18.2 Å². The highest BCUT2D eigenvalue weighted by atomic mass is 35.5. The number of aromatic nitrogens is 2. The largest absolute Gasteiger partial charge is 0.489 e. The molecule has 3 rings (SSSR count). The van der Waals surface area contributed by atoms with Crippen LogP contribution in [-0.4, -0.2) is 22.3 Å². The average molecular weight is 405 g/mol. The third kappa shape index (κ3) is 4.98. The van der Waals surface area contributed by atoms with Gasteiger partial charge in [-0.15, -0.1) is 0 Å². The smallest absolute Gasteiger partial charge is 0.319 e. The topological polar surface area (TPSA) is 89.3 Å². The second-order valence-corrected chi connectivity index (χ2v) is 6.55. The summed E-state index contributed by atoms with van der Waals surface area (Å²) >= 11 is 5.73. The fourth-order valence-corrected chi connectivity index (χ4v) is 2.51. The van der Waals surface area contributed by atoms with Crippen LogP contribution >= 0.6 is 11.6 Å². The molecule has 1 aromatic heterocycles. The first-order valence-corrected chi connectivity index (χ1v) is 8.88. The molecule has 7 nitrogen and oxygen atoms in total. The van der Waals surface area contributed by atoms with Crippen LogP contribution in [-0.2, 0) is 6.54 Å². The van der Waals surface area contributed by atoms with Gasteiger partial charge in [0.15, 0.2) is 5.82 Å². The van der Waals surface area contributed by atoms with E-state index in [-0.39, 0.29) is 34.9 Å². The van der Waals surface area contributed by atoms with Gasteiger partial charge in [-0.3, -0.25) is 0 Å². The Morgan fingerprint density at radius 2 is 2.07 bits per heavy atom. The maximum absolute atomic E-state index is 13.9. The third-order valence-electron chi connectivity index (χ3n) is 3.53. The third-order valence-corrected chi connectivity index (χ3v) is 3.77. The van der Waals surface area contributed by atoms with Crippen LogP contribution in [0.25, 0.3) is 11.5 Å². The molecule has 0 saturated carbocycles. The summed E-state index contributed by atoms with van der Waals surface area (Å²) in [5.41, 5.74) is 0.665. The summed E-state index contributed by atoms with van der Waals surface area (Å²) in [6, 6.07) is 10.8. The lowest BCUT2D eigenvalue weighted by Crippen LogP contribution is -2.29. The number of anilines is 1. The van der Waals surface area contributed by atoms with Crippen molar-refractivity contribution < 1.29 is 18.4 Å². The predicted octanol–water partition coefficient (Wildman–Crippen LogP) is 4.64. The maximum atomic E-state index is 13.9.